The van der Waals surface area contributed by atoms with E-state index in [1.54, 1.807) is 0 Å². The zero-order chi connectivity index (χ0) is 11.7. The molecular formula is C12H20IN3. The van der Waals surface area contributed by atoms with E-state index in [0.717, 1.165) is 3.70 Å². The van der Waals surface area contributed by atoms with Gasteiger partial charge in [0.2, 0.25) is 0 Å². The van der Waals surface area contributed by atoms with E-state index in [1.165, 1.54) is 31.6 Å². The van der Waals surface area contributed by atoms with E-state index in [-0.39, 0.29) is 0 Å². The highest BCUT2D eigenvalue weighted by Gasteiger charge is 2.23. The third-order valence-corrected chi connectivity index (χ3v) is 3.89. The zero-order valence-electron chi connectivity index (χ0n) is 10.3. The topological polar surface area (TPSA) is 21.1 Å². The van der Waals surface area contributed by atoms with Crippen LogP contribution in [0.1, 0.15) is 44.3 Å². The number of halogens is 1. The van der Waals surface area contributed by atoms with Gasteiger partial charge in [0.05, 0.1) is 0 Å². The largest absolute Gasteiger partial charge is 0.306 e. The average molecular weight is 333 g/mol. The van der Waals surface area contributed by atoms with Gasteiger partial charge in [0, 0.05) is 17.7 Å². The third-order valence-electron chi connectivity index (χ3n) is 3.36. The maximum atomic E-state index is 4.59. The second-order valence-electron chi connectivity index (χ2n) is 5.01. The fourth-order valence-corrected chi connectivity index (χ4v) is 2.95. The molecule has 16 heavy (non-hydrogen) atoms. The Balaban J connectivity index is 2.19. The molecule has 0 aromatic carbocycles. The average Bonchev–Trinajstić information content (AvgIpc) is 2.61. The van der Waals surface area contributed by atoms with Gasteiger partial charge in [-0.1, -0.05) is 0 Å². The van der Waals surface area contributed by atoms with Crippen molar-refractivity contribution in [3.05, 3.63) is 15.5 Å². The van der Waals surface area contributed by atoms with Gasteiger partial charge in [0.1, 0.15) is 3.70 Å². The molecule has 90 valence electrons. The predicted molar refractivity (Wildman–Crippen MR) is 74.8 cm³/mol. The van der Waals surface area contributed by atoms with Crippen LogP contribution in [-0.2, 0) is 0 Å². The molecule has 0 spiro atoms. The molecule has 0 saturated carbocycles. The lowest BCUT2D eigenvalue weighted by molar-refractivity contribution is 0.248. The molecule has 3 nitrogen and oxygen atoms in total. The lowest BCUT2D eigenvalue weighted by atomic mass is 9.93. The monoisotopic (exact) mass is 333 g/mol. The van der Waals surface area contributed by atoms with Crippen LogP contribution in [0.3, 0.4) is 0 Å². The molecule has 0 N–H and O–H groups in total. The van der Waals surface area contributed by atoms with Crippen LogP contribution in [0.15, 0.2) is 6.07 Å². The van der Waals surface area contributed by atoms with Crippen molar-refractivity contribution in [2.45, 2.75) is 38.6 Å². The summed E-state index contributed by atoms with van der Waals surface area (Å²) < 4.78 is 3.33. The normalized spacial score (nSPS) is 19.6. The lowest BCUT2D eigenvalue weighted by Crippen LogP contribution is -2.30. The molecule has 0 bridgehead atoms. The maximum Gasteiger partial charge on any atom is 0.123 e. The SMILES string of the molecule is CC(C)n1nc(I)cc1C1CCN(C)CC1. The number of nitrogens with zero attached hydrogens (tertiary/aromatic N) is 3. The van der Waals surface area contributed by atoms with Crippen molar-refractivity contribution in [2.75, 3.05) is 20.1 Å². The van der Waals surface area contributed by atoms with Gasteiger partial charge >= 0.3 is 0 Å². The van der Waals surface area contributed by atoms with Gasteiger partial charge in [-0.05, 0) is 75.5 Å². The van der Waals surface area contributed by atoms with Crippen LogP contribution in [0.4, 0.5) is 0 Å². The van der Waals surface area contributed by atoms with Crippen LogP contribution in [0.2, 0.25) is 0 Å². The van der Waals surface area contributed by atoms with Crippen molar-refractivity contribution in [1.82, 2.24) is 14.7 Å². The van der Waals surface area contributed by atoms with E-state index < -0.39 is 0 Å². The van der Waals surface area contributed by atoms with Crippen LogP contribution >= 0.6 is 22.6 Å². The molecule has 1 aliphatic heterocycles. The summed E-state index contributed by atoms with van der Waals surface area (Å²) in [6.07, 6.45) is 2.54. The van der Waals surface area contributed by atoms with Crippen molar-refractivity contribution in [1.29, 1.82) is 0 Å². The highest BCUT2D eigenvalue weighted by Crippen LogP contribution is 2.29. The minimum Gasteiger partial charge on any atom is -0.306 e. The van der Waals surface area contributed by atoms with Crippen molar-refractivity contribution in [3.63, 3.8) is 0 Å². The summed E-state index contributed by atoms with van der Waals surface area (Å²) >= 11 is 2.32. The Morgan fingerprint density at radius 1 is 1.38 bits per heavy atom. The van der Waals surface area contributed by atoms with Gasteiger partial charge in [-0.3, -0.25) is 4.68 Å². The summed E-state index contributed by atoms with van der Waals surface area (Å²) in [7, 11) is 2.21. The molecule has 1 saturated heterocycles. The van der Waals surface area contributed by atoms with Crippen molar-refractivity contribution in [3.8, 4) is 0 Å². The first kappa shape index (κ1) is 12.4. The first-order valence-electron chi connectivity index (χ1n) is 6.01. The number of aromatic nitrogens is 2. The molecule has 0 aliphatic carbocycles. The zero-order valence-corrected chi connectivity index (χ0v) is 12.4. The maximum absolute atomic E-state index is 4.59. The van der Waals surface area contributed by atoms with Gasteiger partial charge in [-0.25, -0.2) is 0 Å². The van der Waals surface area contributed by atoms with Crippen molar-refractivity contribution < 1.29 is 0 Å². The van der Waals surface area contributed by atoms with Gasteiger partial charge < -0.3 is 4.90 Å². The fraction of sp³-hybridized carbons (Fsp3) is 0.750. The summed E-state index contributed by atoms with van der Waals surface area (Å²) in [6.45, 7) is 6.85. The van der Waals surface area contributed by atoms with Crippen LogP contribution in [0.25, 0.3) is 0 Å². The minimum atomic E-state index is 0.471. The second-order valence-corrected chi connectivity index (χ2v) is 6.11. The molecule has 4 heteroatoms. The van der Waals surface area contributed by atoms with Crippen LogP contribution < -0.4 is 0 Å². The Kier molecular flexibility index (Phi) is 3.89. The Hall–Kier alpha value is -0.100. The Labute approximate surface area is 111 Å². The first-order chi connectivity index (χ1) is 7.58. The van der Waals surface area contributed by atoms with E-state index in [9.17, 15) is 0 Å². The lowest BCUT2D eigenvalue weighted by Gasteiger charge is -2.29. The molecule has 0 radical (unpaired) electrons. The van der Waals surface area contributed by atoms with Crippen LogP contribution in [-0.4, -0.2) is 34.8 Å². The molecule has 2 heterocycles. The smallest absolute Gasteiger partial charge is 0.123 e. The Morgan fingerprint density at radius 2 is 2.00 bits per heavy atom. The van der Waals surface area contributed by atoms with Gasteiger partial charge in [0.15, 0.2) is 0 Å². The highest BCUT2D eigenvalue weighted by atomic mass is 127. The Morgan fingerprint density at radius 3 is 2.56 bits per heavy atom. The van der Waals surface area contributed by atoms with Crippen molar-refractivity contribution in [2.24, 2.45) is 0 Å². The third kappa shape index (κ3) is 2.59. The highest BCUT2D eigenvalue weighted by molar-refractivity contribution is 14.1. The summed E-state index contributed by atoms with van der Waals surface area (Å²) in [5, 5.41) is 4.59. The van der Waals surface area contributed by atoms with E-state index in [0.29, 0.717) is 12.0 Å². The van der Waals surface area contributed by atoms with Gasteiger partial charge in [0.25, 0.3) is 0 Å². The molecule has 1 aromatic heterocycles. The Bertz CT molecular complexity index is 351. The van der Waals surface area contributed by atoms with E-state index in [1.807, 2.05) is 0 Å². The number of likely N-dealkylation sites (tertiary alicyclic amines) is 1. The number of hydrogen-bond donors (Lipinski definition) is 0. The molecule has 1 aromatic rings. The summed E-state index contributed by atoms with van der Waals surface area (Å²) in [6, 6.07) is 2.73. The molecule has 0 amide bonds. The quantitative estimate of drug-likeness (QED) is 0.776. The second kappa shape index (κ2) is 5.04. The van der Waals surface area contributed by atoms with E-state index in [4.69, 9.17) is 0 Å². The number of hydrogen-bond acceptors (Lipinski definition) is 2. The van der Waals surface area contributed by atoms with E-state index >= 15 is 0 Å². The standard InChI is InChI=1S/C12H20IN3/c1-9(2)16-11(8-12(13)14-16)10-4-6-15(3)7-5-10/h8-10H,4-7H2,1-3H3. The number of rotatable bonds is 2. The molecule has 1 aliphatic rings. The summed E-state index contributed by atoms with van der Waals surface area (Å²) in [5.41, 5.74) is 1.44. The van der Waals surface area contributed by atoms with Crippen LogP contribution in [0, 0.1) is 3.70 Å². The molecule has 1 fully saturated rings. The minimum absolute atomic E-state index is 0.471. The van der Waals surface area contributed by atoms with Crippen LogP contribution in [0.5, 0.6) is 0 Å². The summed E-state index contributed by atoms with van der Waals surface area (Å²) in [5.74, 6) is 0.703. The predicted octanol–water partition coefficient (Wildman–Crippen LogP) is 2.88. The van der Waals surface area contributed by atoms with Gasteiger partial charge in [-0.15, -0.1) is 0 Å². The molecule has 0 unspecified atom stereocenters. The first-order valence-corrected chi connectivity index (χ1v) is 7.09. The van der Waals surface area contributed by atoms with E-state index in [2.05, 4.69) is 64.2 Å². The molecule has 2 rings (SSSR count). The number of piperidine rings is 1. The summed E-state index contributed by atoms with van der Waals surface area (Å²) in [4.78, 5) is 2.41. The van der Waals surface area contributed by atoms with Gasteiger partial charge in [-0.2, -0.15) is 5.10 Å². The molecular weight excluding hydrogens is 313 g/mol. The fourth-order valence-electron chi connectivity index (χ4n) is 2.40. The molecule has 0 atom stereocenters. The van der Waals surface area contributed by atoms with Crippen molar-refractivity contribution >= 4 is 22.6 Å².